The first-order chi connectivity index (χ1) is 11.2. The van der Waals surface area contributed by atoms with Gasteiger partial charge in [-0.3, -0.25) is 16.3 Å². The summed E-state index contributed by atoms with van der Waals surface area (Å²) in [6.07, 6.45) is 3.70. The fourth-order valence-electron chi connectivity index (χ4n) is 1.53. The number of hydrogen-bond acceptors (Lipinski definition) is 6. The van der Waals surface area contributed by atoms with Crippen LogP contribution in [0, 0.1) is 6.92 Å². The van der Waals surface area contributed by atoms with Gasteiger partial charge in [0.05, 0.1) is 4.90 Å². The molecular weight excluding hydrogens is 334 g/mol. The lowest BCUT2D eigenvalue weighted by atomic mass is 10.2. The van der Waals surface area contributed by atoms with E-state index in [0.717, 1.165) is 11.3 Å². The number of rotatable bonds is 3. The van der Waals surface area contributed by atoms with Crippen molar-refractivity contribution in [3.05, 3.63) is 54.4 Å². The highest BCUT2D eigenvalue weighted by Crippen LogP contribution is 2.08. The molecule has 0 aliphatic rings. The molecule has 9 nitrogen and oxygen atoms in total. The molecular formula is C14H19N5O4S. The van der Waals surface area contributed by atoms with Crippen LogP contribution in [0.25, 0.3) is 0 Å². The fourth-order valence-corrected chi connectivity index (χ4v) is 2.00. The Kier molecular flexibility index (Phi) is 7.11. The van der Waals surface area contributed by atoms with Crippen molar-refractivity contribution in [3.63, 3.8) is 0 Å². The fraction of sp³-hybridized carbons (Fsp3) is 0.143. The summed E-state index contributed by atoms with van der Waals surface area (Å²) in [5, 5.41) is 0. The summed E-state index contributed by atoms with van der Waals surface area (Å²) in [5.74, 6) is 4.86. The van der Waals surface area contributed by atoms with Gasteiger partial charge in [-0.2, -0.15) is 0 Å². The van der Waals surface area contributed by atoms with Crippen LogP contribution in [-0.4, -0.2) is 19.0 Å². The molecule has 0 bridgehead atoms. The second-order valence-corrected chi connectivity index (χ2v) is 6.13. The number of benzene rings is 1. The molecule has 5 N–H and O–H groups in total. The topological polar surface area (TPSA) is 140 Å². The van der Waals surface area contributed by atoms with Crippen molar-refractivity contribution in [2.45, 2.75) is 11.8 Å². The van der Waals surface area contributed by atoms with Gasteiger partial charge in [-0.1, -0.05) is 17.7 Å². The Balaban J connectivity index is 0.000000243. The number of carbonyl (C=O) groups excluding carboxylic acids is 1. The van der Waals surface area contributed by atoms with E-state index in [2.05, 4.69) is 10.9 Å². The molecule has 1 aromatic heterocycles. The van der Waals surface area contributed by atoms with Gasteiger partial charge in [0.15, 0.2) is 12.4 Å². The molecule has 10 heteroatoms. The van der Waals surface area contributed by atoms with E-state index in [9.17, 15) is 17.8 Å². The number of amides is 2. The number of carbonyl (C=O) groups is 1. The number of aryl methyl sites for hydroxylation is 2. The largest absolute Gasteiger partial charge is 0.744 e. The third kappa shape index (κ3) is 7.05. The lowest BCUT2D eigenvalue weighted by Gasteiger charge is -2.05. The molecule has 2 rings (SSSR count). The number of anilines is 1. The molecule has 0 radical (unpaired) electrons. The SMILES string of the molecule is C[n+]1cccc(NNC(=O)NN)c1.Cc1ccc(S(=O)(=O)[O-])cc1. The van der Waals surface area contributed by atoms with Gasteiger partial charge in [-0.15, -0.1) is 0 Å². The zero-order valence-electron chi connectivity index (χ0n) is 13.2. The Hall–Kier alpha value is -2.69. The van der Waals surface area contributed by atoms with E-state index in [1.807, 2.05) is 48.5 Å². The number of hydrogen-bond donors (Lipinski definition) is 4. The minimum atomic E-state index is -4.27. The Morgan fingerprint density at radius 1 is 1.21 bits per heavy atom. The maximum absolute atomic E-state index is 10.7. The van der Waals surface area contributed by atoms with Crippen LogP contribution in [0.2, 0.25) is 0 Å². The maximum atomic E-state index is 10.7. The number of nitrogens with two attached hydrogens (primary N) is 1. The van der Waals surface area contributed by atoms with Crippen molar-refractivity contribution >= 4 is 21.8 Å². The predicted molar refractivity (Wildman–Crippen MR) is 86.2 cm³/mol. The monoisotopic (exact) mass is 353 g/mol. The lowest BCUT2D eigenvalue weighted by Crippen LogP contribution is -2.43. The number of hydrazine groups is 2. The molecule has 0 saturated heterocycles. The second kappa shape index (κ2) is 8.82. The van der Waals surface area contributed by atoms with Crippen molar-refractivity contribution < 1.29 is 22.3 Å². The quantitative estimate of drug-likeness (QED) is 0.200. The highest BCUT2D eigenvalue weighted by atomic mass is 32.2. The van der Waals surface area contributed by atoms with Crippen LogP contribution in [0.4, 0.5) is 10.5 Å². The van der Waals surface area contributed by atoms with Crippen molar-refractivity contribution in [1.82, 2.24) is 10.9 Å². The summed E-state index contributed by atoms with van der Waals surface area (Å²) < 4.78 is 33.0. The Bertz CT molecular complexity index is 778. The minimum Gasteiger partial charge on any atom is -0.744 e. The van der Waals surface area contributed by atoms with E-state index >= 15 is 0 Å². The first-order valence-electron chi connectivity index (χ1n) is 6.73. The van der Waals surface area contributed by atoms with Gasteiger partial charge in [-0.05, 0) is 25.1 Å². The first-order valence-corrected chi connectivity index (χ1v) is 8.13. The van der Waals surface area contributed by atoms with E-state index < -0.39 is 16.1 Å². The zero-order chi connectivity index (χ0) is 18.2. The normalized spacial score (nSPS) is 10.2. The van der Waals surface area contributed by atoms with E-state index in [1.54, 1.807) is 12.1 Å². The molecule has 0 aliphatic heterocycles. The predicted octanol–water partition coefficient (Wildman–Crippen LogP) is -0.0900. The number of urea groups is 1. The molecule has 2 aromatic rings. The second-order valence-electron chi connectivity index (χ2n) is 4.75. The molecule has 1 aromatic carbocycles. The van der Waals surface area contributed by atoms with Crippen LogP contribution in [0.5, 0.6) is 0 Å². The minimum absolute atomic E-state index is 0.178. The third-order valence-electron chi connectivity index (χ3n) is 2.70. The summed E-state index contributed by atoms with van der Waals surface area (Å²) >= 11 is 0. The van der Waals surface area contributed by atoms with Crippen molar-refractivity contribution in [2.75, 3.05) is 5.43 Å². The molecule has 0 spiro atoms. The summed E-state index contributed by atoms with van der Waals surface area (Å²) in [6, 6.07) is 8.96. The first kappa shape index (κ1) is 19.4. The molecule has 0 aliphatic carbocycles. The molecule has 130 valence electrons. The highest BCUT2D eigenvalue weighted by Gasteiger charge is 1.99. The van der Waals surface area contributed by atoms with Gasteiger partial charge in [0.25, 0.3) is 0 Å². The summed E-state index contributed by atoms with van der Waals surface area (Å²) in [4.78, 5) is 10.5. The Morgan fingerprint density at radius 3 is 2.33 bits per heavy atom. The van der Waals surface area contributed by atoms with Crippen molar-refractivity contribution in [3.8, 4) is 0 Å². The molecule has 1 heterocycles. The average molecular weight is 353 g/mol. The molecule has 0 atom stereocenters. The van der Waals surface area contributed by atoms with Crippen molar-refractivity contribution in [1.29, 1.82) is 0 Å². The smallest absolute Gasteiger partial charge is 0.347 e. The van der Waals surface area contributed by atoms with Gasteiger partial charge in [0.2, 0.25) is 0 Å². The third-order valence-corrected chi connectivity index (χ3v) is 3.55. The Labute approximate surface area is 140 Å². The summed E-state index contributed by atoms with van der Waals surface area (Å²) in [7, 11) is -2.39. The highest BCUT2D eigenvalue weighted by molar-refractivity contribution is 7.85. The van der Waals surface area contributed by atoms with Crippen LogP contribution in [0.1, 0.15) is 5.56 Å². The summed E-state index contributed by atoms with van der Waals surface area (Å²) in [5.41, 5.74) is 8.64. The number of aromatic nitrogens is 1. The van der Waals surface area contributed by atoms with E-state index in [-0.39, 0.29) is 4.90 Å². The maximum Gasteiger partial charge on any atom is 0.347 e. The standard InChI is InChI=1S/C7H11N5O.C7H8O3S/c1-12-4-2-3-6(5-12)10-11-7(13)9-8;1-6-2-4-7(5-3-6)11(8,9)10/h2-5,10H,8H2,1H3,(H-,9,11,13);2-5H,1H3,(H,8,9,10). The zero-order valence-corrected chi connectivity index (χ0v) is 14.0. The molecule has 0 fully saturated rings. The molecule has 0 saturated carbocycles. The molecule has 0 unspecified atom stereocenters. The average Bonchev–Trinajstić information content (AvgIpc) is 2.53. The van der Waals surface area contributed by atoms with Gasteiger partial charge in [0, 0.05) is 6.07 Å². The van der Waals surface area contributed by atoms with Crippen LogP contribution in [0.3, 0.4) is 0 Å². The number of pyridine rings is 1. The van der Waals surface area contributed by atoms with Crippen LogP contribution >= 0.6 is 0 Å². The van der Waals surface area contributed by atoms with E-state index in [0.29, 0.717) is 0 Å². The van der Waals surface area contributed by atoms with Crippen LogP contribution in [-0.2, 0) is 17.2 Å². The van der Waals surface area contributed by atoms with E-state index in [4.69, 9.17) is 5.84 Å². The van der Waals surface area contributed by atoms with Gasteiger partial charge in [-0.25, -0.2) is 23.6 Å². The van der Waals surface area contributed by atoms with Gasteiger partial charge in [0.1, 0.15) is 22.9 Å². The molecule has 24 heavy (non-hydrogen) atoms. The molecule has 2 amide bonds. The van der Waals surface area contributed by atoms with E-state index in [1.165, 1.54) is 12.1 Å². The lowest BCUT2D eigenvalue weighted by molar-refractivity contribution is -0.670. The summed E-state index contributed by atoms with van der Waals surface area (Å²) in [6.45, 7) is 1.82. The van der Waals surface area contributed by atoms with Crippen molar-refractivity contribution in [2.24, 2.45) is 12.9 Å². The van der Waals surface area contributed by atoms with Gasteiger partial charge >= 0.3 is 6.03 Å². The van der Waals surface area contributed by atoms with Crippen LogP contribution in [0.15, 0.2) is 53.7 Å². The van der Waals surface area contributed by atoms with Crippen LogP contribution < -0.4 is 26.7 Å². The Morgan fingerprint density at radius 2 is 1.83 bits per heavy atom. The number of nitrogens with zero attached hydrogens (tertiary/aromatic N) is 1. The van der Waals surface area contributed by atoms with Gasteiger partial charge < -0.3 is 4.55 Å². The number of nitrogens with one attached hydrogen (secondary N) is 3.